The Kier molecular flexibility index (Phi) is 6.80. The Labute approximate surface area is 212 Å². The number of hydrogen-bond acceptors (Lipinski definition) is 9. The molecule has 0 radical (unpaired) electrons. The Morgan fingerprint density at radius 2 is 2.08 bits per heavy atom. The van der Waals surface area contributed by atoms with Crippen LogP contribution in [0.15, 0.2) is 24.5 Å². The van der Waals surface area contributed by atoms with Gasteiger partial charge in [-0.25, -0.2) is 14.3 Å². The third-order valence-corrected chi connectivity index (χ3v) is 7.75. The number of anilines is 1. The number of methoxy groups -OCH3 is 1. The van der Waals surface area contributed by atoms with Gasteiger partial charge in [-0.15, -0.1) is 11.3 Å². The van der Waals surface area contributed by atoms with Crippen molar-refractivity contribution >= 4 is 38.7 Å². The van der Waals surface area contributed by atoms with Crippen LogP contribution in [0.4, 0.5) is 5.82 Å². The molecule has 1 aliphatic heterocycles. The van der Waals surface area contributed by atoms with E-state index in [0.29, 0.717) is 17.9 Å². The number of fused-ring (bicyclic) bond motifs is 2. The number of benzene rings is 1. The van der Waals surface area contributed by atoms with Crippen molar-refractivity contribution in [1.82, 2.24) is 24.8 Å². The average Bonchev–Trinajstić information content (AvgIpc) is 3.42. The summed E-state index contributed by atoms with van der Waals surface area (Å²) in [6.45, 7) is 7.92. The summed E-state index contributed by atoms with van der Waals surface area (Å²) in [7, 11) is 1.67. The third-order valence-electron chi connectivity index (χ3n) is 6.56. The summed E-state index contributed by atoms with van der Waals surface area (Å²) in [5, 5.41) is 18.5. The van der Waals surface area contributed by atoms with Gasteiger partial charge >= 0.3 is 5.97 Å². The van der Waals surface area contributed by atoms with Gasteiger partial charge in [0.15, 0.2) is 11.9 Å². The van der Waals surface area contributed by atoms with Gasteiger partial charge < -0.3 is 25.6 Å². The number of carboxylic acids is 1. The molecule has 1 aromatic carbocycles. The predicted molar refractivity (Wildman–Crippen MR) is 140 cm³/mol. The number of nitrogens with two attached hydrogens (primary N) is 1. The van der Waals surface area contributed by atoms with Crippen molar-refractivity contribution in [3.05, 3.63) is 41.3 Å². The van der Waals surface area contributed by atoms with E-state index >= 15 is 0 Å². The zero-order chi connectivity index (χ0) is 25.4. The number of ether oxygens (including phenoxy) is 2. The summed E-state index contributed by atoms with van der Waals surface area (Å²) in [4.78, 5) is 19.1. The highest BCUT2D eigenvalue weighted by atomic mass is 32.1. The van der Waals surface area contributed by atoms with E-state index in [1.54, 1.807) is 18.4 Å². The maximum absolute atomic E-state index is 11.5. The number of nitrogens with one attached hydrogen (secondary N) is 1. The Balaban J connectivity index is 1.73. The molecule has 0 spiro atoms. The SMILES string of the molecule is COc1cc(C)cc2cc(-c3c(COC(C)C(=O)O)c(CN4CCNCC4)n4ncnc(N)c34)sc12. The summed E-state index contributed by atoms with van der Waals surface area (Å²) in [5.41, 5.74) is 10.9. The quantitative estimate of drug-likeness (QED) is 0.328. The van der Waals surface area contributed by atoms with Crippen LogP contribution >= 0.6 is 11.3 Å². The van der Waals surface area contributed by atoms with Gasteiger partial charge in [0, 0.05) is 48.7 Å². The molecule has 1 unspecified atom stereocenters. The number of aromatic nitrogens is 3. The van der Waals surface area contributed by atoms with Crippen molar-refractivity contribution in [2.45, 2.75) is 33.1 Å². The predicted octanol–water partition coefficient (Wildman–Crippen LogP) is 2.91. The smallest absolute Gasteiger partial charge is 0.332 e. The molecule has 0 saturated carbocycles. The van der Waals surface area contributed by atoms with Crippen LogP contribution in [0, 0.1) is 6.92 Å². The number of hydrogen-bond donors (Lipinski definition) is 3. The van der Waals surface area contributed by atoms with Crippen molar-refractivity contribution in [1.29, 1.82) is 0 Å². The Bertz CT molecular complexity index is 1430. The lowest BCUT2D eigenvalue weighted by molar-refractivity contribution is -0.149. The zero-order valence-corrected chi connectivity index (χ0v) is 21.4. The molecule has 1 aliphatic rings. The van der Waals surface area contributed by atoms with Crippen LogP contribution in [-0.2, 0) is 22.7 Å². The molecule has 3 aromatic heterocycles. The van der Waals surface area contributed by atoms with Crippen molar-refractivity contribution in [3.8, 4) is 16.2 Å². The van der Waals surface area contributed by atoms with E-state index in [1.165, 1.54) is 13.3 Å². The minimum absolute atomic E-state index is 0.109. The topological polar surface area (TPSA) is 127 Å². The Morgan fingerprint density at radius 1 is 1.31 bits per heavy atom. The fraction of sp³-hybridized carbons (Fsp3) is 0.400. The van der Waals surface area contributed by atoms with E-state index in [-0.39, 0.29) is 6.61 Å². The maximum Gasteiger partial charge on any atom is 0.332 e. The van der Waals surface area contributed by atoms with Gasteiger partial charge in [0.1, 0.15) is 17.6 Å². The van der Waals surface area contributed by atoms with Crippen LogP contribution in [0.3, 0.4) is 0 Å². The highest BCUT2D eigenvalue weighted by Crippen LogP contribution is 2.44. The van der Waals surface area contributed by atoms with Crippen LogP contribution in [0.5, 0.6) is 5.75 Å². The van der Waals surface area contributed by atoms with Gasteiger partial charge in [-0.2, -0.15) is 5.10 Å². The van der Waals surface area contributed by atoms with Crippen LogP contribution in [0.1, 0.15) is 23.7 Å². The van der Waals surface area contributed by atoms with Crippen molar-refractivity contribution in [2.75, 3.05) is 39.0 Å². The number of thiophene rings is 1. The lowest BCUT2D eigenvalue weighted by Gasteiger charge is -2.27. The molecule has 0 aliphatic carbocycles. The Hall–Kier alpha value is -3.25. The Morgan fingerprint density at radius 3 is 2.81 bits per heavy atom. The van der Waals surface area contributed by atoms with E-state index in [2.05, 4.69) is 32.4 Å². The molecule has 1 atom stereocenters. The highest BCUT2D eigenvalue weighted by molar-refractivity contribution is 7.22. The number of nitrogen functional groups attached to an aromatic ring is 1. The number of aryl methyl sites for hydroxylation is 1. The van der Waals surface area contributed by atoms with E-state index in [1.807, 2.05) is 17.5 Å². The third kappa shape index (κ3) is 4.50. The van der Waals surface area contributed by atoms with Gasteiger partial charge in [0.05, 0.1) is 24.1 Å². The molecule has 1 fully saturated rings. The summed E-state index contributed by atoms with van der Waals surface area (Å²) < 4.78 is 14.4. The summed E-state index contributed by atoms with van der Waals surface area (Å²) in [6.07, 6.45) is 0.497. The summed E-state index contributed by atoms with van der Waals surface area (Å²) >= 11 is 1.60. The molecule has 4 heterocycles. The van der Waals surface area contributed by atoms with Gasteiger partial charge in [0.25, 0.3) is 0 Å². The molecule has 0 bridgehead atoms. The minimum atomic E-state index is -1.01. The second-order valence-electron chi connectivity index (χ2n) is 9.02. The maximum atomic E-state index is 11.5. The molecule has 5 rings (SSSR count). The van der Waals surface area contributed by atoms with E-state index in [9.17, 15) is 9.90 Å². The first-order chi connectivity index (χ1) is 17.4. The number of carboxylic acid groups (broad SMARTS) is 1. The van der Waals surface area contributed by atoms with Gasteiger partial charge in [-0.3, -0.25) is 4.90 Å². The largest absolute Gasteiger partial charge is 0.495 e. The minimum Gasteiger partial charge on any atom is -0.495 e. The molecular weight excluding hydrogens is 480 g/mol. The van der Waals surface area contributed by atoms with E-state index in [4.69, 9.17) is 15.2 Å². The second kappa shape index (κ2) is 10.0. The highest BCUT2D eigenvalue weighted by Gasteiger charge is 2.27. The first kappa shape index (κ1) is 24.4. The fourth-order valence-corrected chi connectivity index (χ4v) is 5.91. The van der Waals surface area contributed by atoms with Crippen LogP contribution in [0.25, 0.3) is 26.0 Å². The summed E-state index contributed by atoms with van der Waals surface area (Å²) in [6, 6.07) is 6.27. The molecule has 4 N–H and O–H groups in total. The van der Waals surface area contributed by atoms with Crippen molar-refractivity contribution in [3.63, 3.8) is 0 Å². The first-order valence-corrected chi connectivity index (χ1v) is 12.7. The average molecular weight is 511 g/mol. The van der Waals surface area contributed by atoms with E-state index < -0.39 is 12.1 Å². The number of nitrogens with zero attached hydrogens (tertiary/aromatic N) is 4. The molecule has 10 nitrogen and oxygen atoms in total. The number of rotatable bonds is 8. The van der Waals surface area contributed by atoms with Crippen LogP contribution in [0.2, 0.25) is 0 Å². The normalized spacial score (nSPS) is 15.5. The van der Waals surface area contributed by atoms with Gasteiger partial charge in [-0.05, 0) is 36.9 Å². The summed E-state index contributed by atoms with van der Waals surface area (Å²) in [5.74, 6) is 0.164. The molecule has 4 aromatic rings. The van der Waals surface area contributed by atoms with Crippen molar-refractivity contribution in [2.24, 2.45) is 0 Å². The molecular formula is C25H30N6O4S. The van der Waals surface area contributed by atoms with Gasteiger partial charge in [0.2, 0.25) is 0 Å². The lowest BCUT2D eigenvalue weighted by atomic mass is 10.1. The zero-order valence-electron chi connectivity index (χ0n) is 20.6. The van der Waals surface area contributed by atoms with E-state index in [0.717, 1.165) is 69.3 Å². The monoisotopic (exact) mass is 510 g/mol. The number of aliphatic carboxylic acids is 1. The first-order valence-electron chi connectivity index (χ1n) is 11.9. The standard InChI is InChI=1S/C25H30N6O4S/c1-14-8-16-10-20(36-23(16)19(9-14)34-3)21-17(12-35-15(2)25(32)33)18(11-30-6-4-27-5-7-30)31-22(21)24(26)28-13-29-31/h8-10,13,15,27H,4-7,11-12H2,1-3H3,(H,32,33)(H2,26,28,29). The lowest BCUT2D eigenvalue weighted by Crippen LogP contribution is -2.43. The fourth-order valence-electron chi connectivity index (χ4n) is 4.70. The molecule has 11 heteroatoms. The van der Waals surface area contributed by atoms with Crippen LogP contribution < -0.4 is 15.8 Å². The van der Waals surface area contributed by atoms with Gasteiger partial charge in [-0.1, -0.05) is 6.07 Å². The second-order valence-corrected chi connectivity index (χ2v) is 10.1. The molecule has 1 saturated heterocycles. The molecule has 190 valence electrons. The van der Waals surface area contributed by atoms with Crippen LogP contribution in [-0.4, -0.2) is 70.0 Å². The molecule has 36 heavy (non-hydrogen) atoms. The number of carbonyl (C=O) groups is 1. The van der Waals surface area contributed by atoms with Crippen molar-refractivity contribution < 1.29 is 19.4 Å². The molecule has 0 amide bonds. The number of piperazine rings is 1.